The maximum atomic E-state index is 12.9. The molecule has 0 aliphatic carbocycles. The first-order chi connectivity index (χ1) is 17.0. The second kappa shape index (κ2) is 9.99. The lowest BCUT2D eigenvalue weighted by molar-refractivity contribution is -0.145. The van der Waals surface area contributed by atoms with Gasteiger partial charge in [-0.3, -0.25) is 9.59 Å². The van der Waals surface area contributed by atoms with Crippen molar-refractivity contribution in [1.82, 2.24) is 20.0 Å². The van der Waals surface area contributed by atoms with Crippen LogP contribution in [0, 0.1) is 13.8 Å². The topological polar surface area (TPSA) is 98.0 Å². The number of para-hydroxylation sites is 2. The van der Waals surface area contributed by atoms with Gasteiger partial charge in [0.25, 0.3) is 11.1 Å². The molecule has 35 heavy (non-hydrogen) atoms. The number of nitrogens with zero attached hydrogens (tertiary/aromatic N) is 4. The van der Waals surface area contributed by atoms with Gasteiger partial charge < -0.3 is 23.7 Å². The molecule has 10 heteroatoms. The fraction of sp³-hybridized carbons (Fsp3) is 0.360. The Morgan fingerprint density at radius 2 is 1.66 bits per heavy atom. The lowest BCUT2D eigenvalue weighted by Crippen LogP contribution is -2.55. The van der Waals surface area contributed by atoms with Crippen LogP contribution in [0.1, 0.15) is 11.1 Å². The standard InChI is InChI=1S/C25H26N4O5S/c1-16-11-17(2)13-18(12-16)23-26-27-25(34-23)35-15-22(30)28-7-9-29(10-8-28)24(31)21-14-32-19-5-3-4-6-20(19)33-21/h3-6,11-13,21H,7-10,14-15H2,1-2H3. The molecule has 9 nitrogen and oxygen atoms in total. The largest absolute Gasteiger partial charge is 0.485 e. The number of carbonyl (C=O) groups is 2. The molecule has 1 aromatic heterocycles. The van der Waals surface area contributed by atoms with E-state index in [2.05, 4.69) is 16.3 Å². The highest BCUT2D eigenvalue weighted by molar-refractivity contribution is 7.99. The smallest absolute Gasteiger partial charge is 0.277 e. The van der Waals surface area contributed by atoms with E-state index >= 15 is 0 Å². The fourth-order valence-corrected chi connectivity index (χ4v) is 4.88. The number of benzene rings is 2. The number of hydrogen-bond donors (Lipinski definition) is 0. The molecular formula is C25H26N4O5S. The summed E-state index contributed by atoms with van der Waals surface area (Å²) in [5, 5.41) is 8.54. The zero-order chi connectivity index (χ0) is 24.4. The molecule has 3 heterocycles. The van der Waals surface area contributed by atoms with Crippen LogP contribution in [0.2, 0.25) is 0 Å². The summed E-state index contributed by atoms with van der Waals surface area (Å²) in [6.45, 7) is 6.05. The van der Waals surface area contributed by atoms with E-state index < -0.39 is 6.10 Å². The van der Waals surface area contributed by atoms with Crippen LogP contribution in [0.3, 0.4) is 0 Å². The van der Waals surface area contributed by atoms with E-state index in [9.17, 15) is 9.59 Å². The van der Waals surface area contributed by atoms with Crippen molar-refractivity contribution < 1.29 is 23.5 Å². The third-order valence-electron chi connectivity index (χ3n) is 5.92. The van der Waals surface area contributed by atoms with Gasteiger partial charge in [0, 0.05) is 31.7 Å². The third kappa shape index (κ3) is 5.27. The molecule has 2 aliphatic rings. The van der Waals surface area contributed by atoms with Gasteiger partial charge in [-0.25, -0.2) is 0 Å². The summed E-state index contributed by atoms with van der Waals surface area (Å²) in [5.41, 5.74) is 3.10. The zero-order valence-corrected chi connectivity index (χ0v) is 20.4. The van der Waals surface area contributed by atoms with Crippen molar-refractivity contribution >= 4 is 23.6 Å². The molecule has 1 atom stereocenters. The van der Waals surface area contributed by atoms with E-state index in [1.54, 1.807) is 15.9 Å². The van der Waals surface area contributed by atoms with E-state index in [1.165, 1.54) is 11.8 Å². The van der Waals surface area contributed by atoms with Gasteiger partial charge in [-0.1, -0.05) is 41.1 Å². The van der Waals surface area contributed by atoms with Crippen LogP contribution in [0.4, 0.5) is 0 Å². The summed E-state index contributed by atoms with van der Waals surface area (Å²) in [4.78, 5) is 29.1. The van der Waals surface area contributed by atoms with E-state index in [1.807, 2.05) is 44.2 Å². The number of fused-ring (bicyclic) bond motifs is 1. The summed E-state index contributed by atoms with van der Waals surface area (Å²) in [6.07, 6.45) is -0.674. The first kappa shape index (κ1) is 23.2. The minimum atomic E-state index is -0.674. The van der Waals surface area contributed by atoms with Crippen LogP contribution < -0.4 is 9.47 Å². The van der Waals surface area contributed by atoms with Gasteiger partial charge in [0.05, 0.1) is 5.75 Å². The highest BCUT2D eigenvalue weighted by Gasteiger charge is 2.33. The molecule has 5 rings (SSSR count). The van der Waals surface area contributed by atoms with Gasteiger partial charge in [-0.05, 0) is 38.1 Å². The average Bonchev–Trinajstić information content (AvgIpc) is 3.35. The quantitative estimate of drug-likeness (QED) is 0.500. The lowest BCUT2D eigenvalue weighted by Gasteiger charge is -2.37. The molecule has 1 unspecified atom stereocenters. The van der Waals surface area contributed by atoms with Crippen LogP contribution in [-0.4, -0.2) is 76.5 Å². The normalized spacial score (nSPS) is 17.4. The molecule has 0 saturated carbocycles. The molecule has 1 saturated heterocycles. The minimum absolute atomic E-state index is 0.0283. The minimum Gasteiger partial charge on any atom is -0.485 e. The van der Waals surface area contributed by atoms with Crippen molar-refractivity contribution in [2.75, 3.05) is 38.5 Å². The highest BCUT2D eigenvalue weighted by Crippen LogP contribution is 2.31. The second-order valence-electron chi connectivity index (χ2n) is 8.61. The van der Waals surface area contributed by atoms with E-state index in [-0.39, 0.29) is 24.2 Å². The highest BCUT2D eigenvalue weighted by atomic mass is 32.2. The number of piperazine rings is 1. The Hall–Kier alpha value is -3.53. The van der Waals surface area contributed by atoms with E-state index in [4.69, 9.17) is 13.9 Å². The monoisotopic (exact) mass is 494 g/mol. The molecule has 0 radical (unpaired) electrons. The van der Waals surface area contributed by atoms with E-state index in [0.717, 1.165) is 16.7 Å². The lowest BCUT2D eigenvalue weighted by atomic mass is 10.1. The van der Waals surface area contributed by atoms with Crippen LogP contribution >= 0.6 is 11.8 Å². The molecule has 2 amide bonds. The number of rotatable bonds is 5. The van der Waals surface area contributed by atoms with Crippen LogP contribution in [-0.2, 0) is 9.59 Å². The summed E-state index contributed by atoms with van der Waals surface area (Å²) < 4.78 is 17.2. The van der Waals surface area contributed by atoms with Gasteiger partial charge in [0.2, 0.25) is 17.9 Å². The summed E-state index contributed by atoms with van der Waals surface area (Å²) in [6, 6.07) is 13.4. The SMILES string of the molecule is Cc1cc(C)cc(-c2nnc(SCC(=O)N3CCN(C(=O)C4COc5ccccc5O4)CC3)o2)c1. The van der Waals surface area contributed by atoms with Gasteiger partial charge in [-0.15, -0.1) is 10.2 Å². The van der Waals surface area contributed by atoms with Crippen molar-refractivity contribution in [1.29, 1.82) is 0 Å². The Bertz CT molecular complexity index is 1220. The number of aromatic nitrogens is 2. The molecule has 182 valence electrons. The van der Waals surface area contributed by atoms with Crippen molar-refractivity contribution in [2.24, 2.45) is 0 Å². The predicted octanol–water partition coefficient (Wildman–Crippen LogP) is 2.96. The molecule has 1 fully saturated rings. The molecule has 2 aliphatic heterocycles. The van der Waals surface area contributed by atoms with Crippen molar-refractivity contribution in [3.8, 4) is 23.0 Å². The number of hydrogen-bond acceptors (Lipinski definition) is 8. The summed E-state index contributed by atoms with van der Waals surface area (Å²) in [5.74, 6) is 1.70. The maximum absolute atomic E-state index is 12.9. The van der Waals surface area contributed by atoms with Crippen LogP contribution in [0.25, 0.3) is 11.5 Å². The summed E-state index contributed by atoms with van der Waals surface area (Å²) >= 11 is 1.22. The van der Waals surface area contributed by atoms with Crippen molar-refractivity contribution in [3.63, 3.8) is 0 Å². The number of aryl methyl sites for hydroxylation is 2. The Balaban J connectivity index is 1.10. The number of carbonyl (C=O) groups excluding carboxylic acids is 2. The number of ether oxygens (including phenoxy) is 2. The Labute approximate surface area is 207 Å². The third-order valence-corrected chi connectivity index (χ3v) is 6.73. The molecule has 0 bridgehead atoms. The van der Waals surface area contributed by atoms with Crippen LogP contribution in [0.15, 0.2) is 52.1 Å². The Kier molecular flexibility index (Phi) is 6.63. The van der Waals surface area contributed by atoms with Crippen LogP contribution in [0.5, 0.6) is 11.5 Å². The molecule has 3 aromatic rings. The molecular weight excluding hydrogens is 468 g/mol. The molecule has 0 spiro atoms. The first-order valence-electron chi connectivity index (χ1n) is 11.5. The maximum Gasteiger partial charge on any atom is 0.277 e. The Morgan fingerprint density at radius 1 is 0.971 bits per heavy atom. The predicted molar refractivity (Wildman–Crippen MR) is 129 cm³/mol. The fourth-order valence-electron chi connectivity index (χ4n) is 4.22. The van der Waals surface area contributed by atoms with Crippen molar-refractivity contribution in [3.05, 3.63) is 53.6 Å². The van der Waals surface area contributed by atoms with Gasteiger partial charge in [0.15, 0.2) is 11.5 Å². The van der Waals surface area contributed by atoms with Gasteiger partial charge >= 0.3 is 0 Å². The molecule has 2 aromatic carbocycles. The van der Waals surface area contributed by atoms with Gasteiger partial charge in [-0.2, -0.15) is 0 Å². The number of amides is 2. The average molecular weight is 495 g/mol. The van der Waals surface area contributed by atoms with E-state index in [0.29, 0.717) is 48.8 Å². The second-order valence-corrected chi connectivity index (χ2v) is 9.54. The van der Waals surface area contributed by atoms with Gasteiger partial charge in [0.1, 0.15) is 6.61 Å². The first-order valence-corrected chi connectivity index (χ1v) is 12.4. The van der Waals surface area contributed by atoms with Crippen molar-refractivity contribution in [2.45, 2.75) is 25.2 Å². The zero-order valence-electron chi connectivity index (χ0n) is 19.6. The summed E-state index contributed by atoms with van der Waals surface area (Å²) in [7, 11) is 0. The Morgan fingerprint density at radius 3 is 2.40 bits per heavy atom. The number of thioether (sulfide) groups is 1. The molecule has 0 N–H and O–H groups in total.